The lowest BCUT2D eigenvalue weighted by Gasteiger charge is -1.96. The Morgan fingerprint density at radius 2 is 2.20 bits per heavy atom. The molecular weight excluding hydrogens is 230 g/mol. The molecular formula is C10H12ClN3S. The summed E-state index contributed by atoms with van der Waals surface area (Å²) in [6, 6.07) is 4.27. The van der Waals surface area contributed by atoms with E-state index in [-0.39, 0.29) is 0 Å². The van der Waals surface area contributed by atoms with Crippen molar-refractivity contribution in [3.8, 4) is 0 Å². The maximum Gasteiger partial charge on any atom is 0.164 e. The van der Waals surface area contributed by atoms with Gasteiger partial charge in [0, 0.05) is 16.0 Å². The number of hydrogen-bond acceptors (Lipinski definition) is 3. The van der Waals surface area contributed by atoms with Gasteiger partial charge in [0.2, 0.25) is 0 Å². The van der Waals surface area contributed by atoms with Gasteiger partial charge in [0.15, 0.2) is 5.82 Å². The van der Waals surface area contributed by atoms with Crippen molar-refractivity contribution >= 4 is 28.8 Å². The summed E-state index contributed by atoms with van der Waals surface area (Å²) >= 11 is 7.62. The minimum absolute atomic E-state index is 0.393. The normalized spacial score (nSPS) is 10.8. The Kier molecular flexibility index (Phi) is 2.98. The lowest BCUT2D eigenvalue weighted by Crippen LogP contribution is -1.99. The van der Waals surface area contributed by atoms with Gasteiger partial charge in [-0.1, -0.05) is 18.5 Å². The fourth-order valence-electron chi connectivity index (χ4n) is 1.35. The Balaban J connectivity index is 2.14. The Labute approximate surface area is 97.5 Å². The van der Waals surface area contributed by atoms with E-state index in [0.29, 0.717) is 10.8 Å². The SMILES string of the molecule is CCc1ccc(Cn2cc(Cl)c(N)n2)s1. The van der Waals surface area contributed by atoms with Gasteiger partial charge >= 0.3 is 0 Å². The number of nitrogens with two attached hydrogens (primary N) is 1. The predicted molar refractivity (Wildman–Crippen MR) is 64.4 cm³/mol. The minimum atomic E-state index is 0.393. The van der Waals surface area contributed by atoms with Gasteiger partial charge in [0.1, 0.15) is 5.02 Å². The first-order valence-electron chi connectivity index (χ1n) is 4.75. The van der Waals surface area contributed by atoms with Crippen molar-refractivity contribution in [3.63, 3.8) is 0 Å². The molecule has 0 unspecified atom stereocenters. The summed E-state index contributed by atoms with van der Waals surface area (Å²) in [5.41, 5.74) is 5.57. The Morgan fingerprint density at radius 3 is 2.73 bits per heavy atom. The summed E-state index contributed by atoms with van der Waals surface area (Å²) in [5.74, 6) is 0.393. The number of nitrogen functional groups attached to an aromatic ring is 1. The van der Waals surface area contributed by atoms with Crippen LogP contribution in [0.25, 0.3) is 0 Å². The zero-order valence-electron chi connectivity index (χ0n) is 8.40. The molecule has 3 nitrogen and oxygen atoms in total. The zero-order chi connectivity index (χ0) is 10.8. The van der Waals surface area contributed by atoms with E-state index < -0.39 is 0 Å². The molecule has 2 N–H and O–H groups in total. The quantitative estimate of drug-likeness (QED) is 0.898. The van der Waals surface area contributed by atoms with Crippen molar-refractivity contribution < 1.29 is 0 Å². The third-order valence-electron chi connectivity index (χ3n) is 2.13. The molecule has 0 spiro atoms. The van der Waals surface area contributed by atoms with Crippen molar-refractivity contribution in [3.05, 3.63) is 33.1 Å². The highest BCUT2D eigenvalue weighted by atomic mass is 35.5. The van der Waals surface area contributed by atoms with Gasteiger partial charge in [-0.15, -0.1) is 11.3 Å². The van der Waals surface area contributed by atoms with Gasteiger partial charge in [-0.25, -0.2) is 0 Å². The molecule has 0 fully saturated rings. The number of nitrogens with zero attached hydrogens (tertiary/aromatic N) is 2. The summed E-state index contributed by atoms with van der Waals surface area (Å²) in [6.45, 7) is 2.89. The van der Waals surface area contributed by atoms with Gasteiger partial charge < -0.3 is 5.73 Å². The van der Waals surface area contributed by atoms with Crippen LogP contribution in [0.4, 0.5) is 5.82 Å². The molecule has 0 aromatic carbocycles. The molecule has 2 heterocycles. The van der Waals surface area contributed by atoms with Crippen molar-refractivity contribution in [2.45, 2.75) is 19.9 Å². The van der Waals surface area contributed by atoms with Crippen LogP contribution in [-0.4, -0.2) is 9.78 Å². The number of thiophene rings is 1. The van der Waals surface area contributed by atoms with Crippen molar-refractivity contribution in [2.24, 2.45) is 0 Å². The Morgan fingerprint density at radius 1 is 1.47 bits per heavy atom. The van der Waals surface area contributed by atoms with E-state index in [0.717, 1.165) is 13.0 Å². The number of anilines is 1. The maximum atomic E-state index is 5.82. The lowest BCUT2D eigenvalue weighted by atomic mass is 10.4. The highest BCUT2D eigenvalue weighted by Crippen LogP contribution is 2.20. The first kappa shape index (κ1) is 10.5. The van der Waals surface area contributed by atoms with Gasteiger partial charge in [0.25, 0.3) is 0 Å². The molecule has 0 atom stereocenters. The number of halogens is 1. The summed E-state index contributed by atoms with van der Waals surface area (Å²) in [4.78, 5) is 2.65. The van der Waals surface area contributed by atoms with Crippen molar-refractivity contribution in [1.82, 2.24) is 9.78 Å². The van der Waals surface area contributed by atoms with Crippen LogP contribution in [0.3, 0.4) is 0 Å². The van der Waals surface area contributed by atoms with Gasteiger partial charge in [-0.2, -0.15) is 5.10 Å². The summed E-state index contributed by atoms with van der Waals surface area (Å²) < 4.78 is 1.77. The molecule has 0 amide bonds. The molecule has 0 aliphatic heterocycles. The van der Waals surface area contributed by atoms with Gasteiger partial charge in [-0.05, 0) is 18.6 Å². The average Bonchev–Trinajstić information content (AvgIpc) is 2.76. The highest BCUT2D eigenvalue weighted by molar-refractivity contribution is 7.11. The topological polar surface area (TPSA) is 43.8 Å². The molecule has 2 rings (SSSR count). The predicted octanol–water partition coefficient (Wildman–Crippen LogP) is 2.79. The Bertz CT molecular complexity index is 441. The lowest BCUT2D eigenvalue weighted by molar-refractivity contribution is 0.698. The maximum absolute atomic E-state index is 5.82. The number of aryl methyl sites for hydroxylation is 1. The molecule has 5 heteroatoms. The zero-order valence-corrected chi connectivity index (χ0v) is 9.98. The van der Waals surface area contributed by atoms with Crippen LogP contribution in [0.2, 0.25) is 5.02 Å². The monoisotopic (exact) mass is 241 g/mol. The van der Waals surface area contributed by atoms with E-state index in [9.17, 15) is 0 Å². The van der Waals surface area contributed by atoms with E-state index in [1.54, 1.807) is 22.2 Å². The van der Waals surface area contributed by atoms with Crippen LogP contribution >= 0.6 is 22.9 Å². The van der Waals surface area contributed by atoms with Gasteiger partial charge in [-0.3, -0.25) is 4.68 Å². The number of rotatable bonds is 3. The molecule has 0 saturated heterocycles. The smallest absolute Gasteiger partial charge is 0.164 e. The minimum Gasteiger partial charge on any atom is -0.381 e. The fraction of sp³-hybridized carbons (Fsp3) is 0.300. The fourth-order valence-corrected chi connectivity index (χ4v) is 2.45. The second-order valence-corrected chi connectivity index (χ2v) is 4.94. The highest BCUT2D eigenvalue weighted by Gasteiger charge is 2.04. The van der Waals surface area contributed by atoms with Crippen LogP contribution in [0, 0.1) is 0 Å². The summed E-state index contributed by atoms with van der Waals surface area (Å²) in [5, 5.41) is 4.63. The summed E-state index contributed by atoms with van der Waals surface area (Å²) in [7, 11) is 0. The van der Waals surface area contributed by atoms with E-state index in [1.807, 2.05) is 0 Å². The van der Waals surface area contributed by atoms with Crippen LogP contribution in [0.5, 0.6) is 0 Å². The molecule has 15 heavy (non-hydrogen) atoms. The first-order valence-corrected chi connectivity index (χ1v) is 5.94. The number of aromatic nitrogens is 2. The molecule has 0 aliphatic rings. The van der Waals surface area contributed by atoms with Gasteiger partial charge in [0.05, 0.1) is 6.54 Å². The molecule has 0 saturated carbocycles. The molecule has 2 aromatic rings. The molecule has 2 aromatic heterocycles. The third-order valence-corrected chi connectivity index (χ3v) is 3.63. The molecule has 0 bridgehead atoms. The van der Waals surface area contributed by atoms with Crippen LogP contribution < -0.4 is 5.73 Å². The van der Waals surface area contributed by atoms with Crippen LogP contribution in [0.15, 0.2) is 18.3 Å². The second kappa shape index (κ2) is 4.24. The van der Waals surface area contributed by atoms with Crippen molar-refractivity contribution in [1.29, 1.82) is 0 Å². The van der Waals surface area contributed by atoms with Crippen molar-refractivity contribution in [2.75, 3.05) is 5.73 Å². The van der Waals surface area contributed by atoms with E-state index in [1.165, 1.54) is 9.75 Å². The summed E-state index contributed by atoms with van der Waals surface area (Å²) in [6.07, 6.45) is 2.83. The number of hydrogen-bond donors (Lipinski definition) is 1. The average molecular weight is 242 g/mol. The standard InChI is InChI=1S/C10H12ClN3S/c1-2-7-3-4-8(15-7)5-14-6-9(11)10(12)13-14/h3-4,6H,2,5H2,1H3,(H2,12,13). The largest absolute Gasteiger partial charge is 0.381 e. The second-order valence-electron chi connectivity index (χ2n) is 3.28. The first-order chi connectivity index (χ1) is 7.19. The van der Waals surface area contributed by atoms with E-state index in [4.69, 9.17) is 17.3 Å². The molecule has 0 aliphatic carbocycles. The third kappa shape index (κ3) is 2.33. The molecule has 0 radical (unpaired) electrons. The van der Waals surface area contributed by atoms with Crippen LogP contribution in [-0.2, 0) is 13.0 Å². The van der Waals surface area contributed by atoms with E-state index in [2.05, 4.69) is 24.2 Å². The van der Waals surface area contributed by atoms with Crippen LogP contribution in [0.1, 0.15) is 16.7 Å². The Hall–Kier alpha value is -1.00. The van der Waals surface area contributed by atoms with E-state index >= 15 is 0 Å². The molecule has 80 valence electrons.